The first-order valence-electron chi connectivity index (χ1n) is 20.6. The Labute approximate surface area is 350 Å². The molecule has 0 saturated heterocycles. The van der Waals surface area contributed by atoms with Gasteiger partial charge in [-0.25, -0.2) is 0 Å². The highest BCUT2D eigenvalue weighted by atomic mass is 15.1. The molecule has 1 heterocycles. The van der Waals surface area contributed by atoms with Gasteiger partial charge in [0, 0.05) is 38.8 Å². The van der Waals surface area contributed by atoms with Gasteiger partial charge in [0.25, 0.3) is 0 Å². The Morgan fingerprint density at radius 1 is 0.317 bits per heavy atom. The normalized spacial score (nSPS) is 11.3. The SMILES string of the molecule is c1ccc(-c2cc(-c3ccccc3)cc(N(c3cccc(-c4cc5ccccc5c5c4c4ccccc4n5-c4ccccc4)c3)c3ccccc3-c3ccccc3)c2)cc1. The zero-order chi connectivity index (χ0) is 39.8. The lowest BCUT2D eigenvalue weighted by atomic mass is 9.94. The van der Waals surface area contributed by atoms with E-state index in [1.807, 2.05) is 0 Å². The van der Waals surface area contributed by atoms with Crippen LogP contribution < -0.4 is 4.90 Å². The van der Waals surface area contributed by atoms with E-state index in [2.05, 4.69) is 252 Å². The van der Waals surface area contributed by atoms with Gasteiger partial charge >= 0.3 is 0 Å². The van der Waals surface area contributed by atoms with E-state index in [9.17, 15) is 0 Å². The van der Waals surface area contributed by atoms with Crippen molar-refractivity contribution in [1.29, 1.82) is 0 Å². The zero-order valence-electron chi connectivity index (χ0n) is 33.0. The Hall–Kier alpha value is -7.94. The summed E-state index contributed by atoms with van der Waals surface area (Å²) in [6.07, 6.45) is 0. The molecule has 2 nitrogen and oxygen atoms in total. The van der Waals surface area contributed by atoms with Gasteiger partial charge in [0.05, 0.1) is 16.7 Å². The third-order valence-corrected chi connectivity index (χ3v) is 11.7. The zero-order valence-corrected chi connectivity index (χ0v) is 33.0. The minimum atomic E-state index is 1.08. The maximum absolute atomic E-state index is 2.45. The fourth-order valence-corrected chi connectivity index (χ4v) is 9.01. The van der Waals surface area contributed by atoms with Crippen molar-refractivity contribution < 1.29 is 0 Å². The van der Waals surface area contributed by atoms with Crippen molar-refractivity contribution in [2.75, 3.05) is 4.90 Å². The predicted molar refractivity (Wildman–Crippen MR) is 255 cm³/mol. The lowest BCUT2D eigenvalue weighted by Crippen LogP contribution is -2.12. The van der Waals surface area contributed by atoms with E-state index in [1.54, 1.807) is 0 Å². The van der Waals surface area contributed by atoms with Crippen molar-refractivity contribution in [3.05, 3.63) is 243 Å². The summed E-state index contributed by atoms with van der Waals surface area (Å²) in [5.74, 6) is 0. The Kier molecular flexibility index (Phi) is 8.87. The molecule has 0 aliphatic carbocycles. The third-order valence-electron chi connectivity index (χ3n) is 11.7. The first-order valence-corrected chi connectivity index (χ1v) is 20.6. The van der Waals surface area contributed by atoms with Gasteiger partial charge in [0.2, 0.25) is 0 Å². The largest absolute Gasteiger partial charge is 0.310 e. The molecule has 11 aromatic rings. The minimum Gasteiger partial charge on any atom is -0.310 e. The molecule has 0 amide bonds. The van der Waals surface area contributed by atoms with E-state index in [4.69, 9.17) is 0 Å². The molecule has 1 aromatic heterocycles. The van der Waals surface area contributed by atoms with Gasteiger partial charge < -0.3 is 9.47 Å². The van der Waals surface area contributed by atoms with Gasteiger partial charge in [-0.2, -0.15) is 0 Å². The van der Waals surface area contributed by atoms with Crippen molar-refractivity contribution in [1.82, 2.24) is 4.57 Å². The Balaban J connectivity index is 1.20. The van der Waals surface area contributed by atoms with Gasteiger partial charge in [0.15, 0.2) is 0 Å². The van der Waals surface area contributed by atoms with E-state index >= 15 is 0 Å². The van der Waals surface area contributed by atoms with Crippen LogP contribution in [0.4, 0.5) is 17.1 Å². The fraction of sp³-hybridized carbons (Fsp3) is 0. The highest BCUT2D eigenvalue weighted by Gasteiger charge is 2.22. The summed E-state index contributed by atoms with van der Waals surface area (Å²) in [6.45, 7) is 0. The number of rotatable bonds is 8. The second-order valence-corrected chi connectivity index (χ2v) is 15.3. The molecule has 0 N–H and O–H groups in total. The maximum Gasteiger partial charge on any atom is 0.0625 e. The summed E-state index contributed by atoms with van der Waals surface area (Å²) in [4.78, 5) is 2.45. The van der Waals surface area contributed by atoms with Crippen LogP contribution in [0.5, 0.6) is 0 Å². The number of benzene rings is 10. The third kappa shape index (κ3) is 6.23. The van der Waals surface area contributed by atoms with Crippen LogP contribution in [0.2, 0.25) is 0 Å². The Morgan fingerprint density at radius 3 is 1.55 bits per heavy atom. The summed E-state index contributed by atoms with van der Waals surface area (Å²) in [6, 6.07) is 88.0. The average Bonchev–Trinajstić information content (AvgIpc) is 3.68. The van der Waals surface area contributed by atoms with Gasteiger partial charge in [-0.3, -0.25) is 0 Å². The molecule has 0 atom stereocenters. The van der Waals surface area contributed by atoms with Crippen LogP contribution in [-0.2, 0) is 0 Å². The first kappa shape index (κ1) is 35.2. The van der Waals surface area contributed by atoms with Crippen LogP contribution in [0.25, 0.3) is 82.8 Å². The molecule has 0 radical (unpaired) electrons. The molecule has 0 spiro atoms. The second kappa shape index (κ2) is 15.1. The lowest BCUT2D eigenvalue weighted by Gasteiger charge is -2.29. The van der Waals surface area contributed by atoms with E-state index < -0.39 is 0 Å². The monoisotopic (exact) mass is 764 g/mol. The molecule has 60 heavy (non-hydrogen) atoms. The van der Waals surface area contributed by atoms with E-state index in [0.29, 0.717) is 0 Å². The molecular weight excluding hydrogens is 725 g/mol. The summed E-state index contributed by atoms with van der Waals surface area (Å²) in [5, 5.41) is 4.92. The van der Waals surface area contributed by atoms with Crippen LogP contribution >= 0.6 is 0 Å². The van der Waals surface area contributed by atoms with Crippen molar-refractivity contribution in [3.63, 3.8) is 0 Å². The van der Waals surface area contributed by atoms with Crippen LogP contribution in [0.15, 0.2) is 243 Å². The molecule has 10 aromatic carbocycles. The number of nitrogens with zero attached hydrogens (tertiary/aromatic N) is 2. The van der Waals surface area contributed by atoms with E-state index in [1.165, 1.54) is 54.8 Å². The molecular formula is C58H40N2. The number of anilines is 3. The van der Waals surface area contributed by atoms with Crippen molar-refractivity contribution in [2.45, 2.75) is 0 Å². The number of hydrogen-bond donors (Lipinski definition) is 0. The van der Waals surface area contributed by atoms with E-state index in [-0.39, 0.29) is 0 Å². The molecule has 0 bridgehead atoms. The quantitative estimate of drug-likeness (QED) is 0.150. The number of fused-ring (bicyclic) bond motifs is 5. The second-order valence-electron chi connectivity index (χ2n) is 15.3. The number of para-hydroxylation sites is 3. The summed E-state index contributed by atoms with van der Waals surface area (Å²) < 4.78 is 2.45. The standard InChI is InChI=1S/C58H40N2/c1-5-20-41(21-6-1)46-36-47(42-22-7-2-8-23-42)39-50(38-46)59(55-34-17-15-31-51(55)43-24-9-3-10-25-43)49-30-19-27-44(37-49)54-40-45-26-13-14-32-52(45)58-57(54)53-33-16-18-35-56(53)60(58)48-28-11-4-12-29-48/h1-40H. The summed E-state index contributed by atoms with van der Waals surface area (Å²) in [7, 11) is 0. The van der Waals surface area contributed by atoms with Crippen LogP contribution in [0.1, 0.15) is 0 Å². The predicted octanol–water partition coefficient (Wildman–Crippen LogP) is 16.1. The minimum absolute atomic E-state index is 1.08. The number of hydrogen-bond acceptors (Lipinski definition) is 1. The molecule has 0 aliphatic heterocycles. The molecule has 11 rings (SSSR count). The van der Waals surface area contributed by atoms with Gasteiger partial charge in [-0.1, -0.05) is 182 Å². The van der Waals surface area contributed by atoms with E-state index in [0.717, 1.165) is 45.0 Å². The Morgan fingerprint density at radius 2 is 0.850 bits per heavy atom. The molecule has 0 unspecified atom stereocenters. The van der Waals surface area contributed by atoms with Crippen LogP contribution in [0.3, 0.4) is 0 Å². The molecule has 2 heteroatoms. The summed E-state index contributed by atoms with van der Waals surface area (Å²) >= 11 is 0. The van der Waals surface area contributed by atoms with Crippen LogP contribution in [0, 0.1) is 0 Å². The summed E-state index contributed by atoms with van der Waals surface area (Å²) in [5.41, 5.74) is 16.2. The highest BCUT2D eigenvalue weighted by molar-refractivity contribution is 6.24. The van der Waals surface area contributed by atoms with Crippen molar-refractivity contribution in [2.24, 2.45) is 0 Å². The fourth-order valence-electron chi connectivity index (χ4n) is 9.01. The van der Waals surface area contributed by atoms with Gasteiger partial charge in [-0.15, -0.1) is 0 Å². The maximum atomic E-state index is 2.45. The van der Waals surface area contributed by atoms with Crippen molar-refractivity contribution >= 4 is 49.6 Å². The molecule has 282 valence electrons. The molecule has 0 fully saturated rings. The van der Waals surface area contributed by atoms with Crippen molar-refractivity contribution in [3.8, 4) is 50.2 Å². The Bertz CT molecular complexity index is 3240. The topological polar surface area (TPSA) is 8.17 Å². The lowest BCUT2D eigenvalue weighted by molar-refractivity contribution is 1.19. The van der Waals surface area contributed by atoms with Gasteiger partial charge in [0.1, 0.15) is 0 Å². The number of aromatic nitrogens is 1. The van der Waals surface area contributed by atoms with Crippen LogP contribution in [-0.4, -0.2) is 4.57 Å². The molecule has 0 saturated carbocycles. The highest BCUT2D eigenvalue weighted by Crippen LogP contribution is 2.47. The average molecular weight is 765 g/mol. The first-order chi connectivity index (χ1) is 29.8. The smallest absolute Gasteiger partial charge is 0.0625 e. The molecule has 0 aliphatic rings. The van der Waals surface area contributed by atoms with Gasteiger partial charge in [-0.05, 0) is 105 Å².